The average molecular weight is 493 g/mol. The summed E-state index contributed by atoms with van der Waals surface area (Å²) in [5.41, 5.74) is 0.374. The maximum atomic E-state index is 13.3. The van der Waals surface area contributed by atoms with Crippen LogP contribution in [-0.2, 0) is 19.6 Å². The molecule has 184 valence electrons. The predicted molar refractivity (Wildman–Crippen MR) is 139 cm³/mol. The van der Waals surface area contributed by atoms with Gasteiger partial charge in [0.05, 0.1) is 10.9 Å². The van der Waals surface area contributed by atoms with E-state index >= 15 is 0 Å². The molecule has 0 aliphatic carbocycles. The molecule has 0 spiro atoms. The summed E-state index contributed by atoms with van der Waals surface area (Å²) < 4.78 is 34.8. The van der Waals surface area contributed by atoms with Gasteiger partial charge in [-0.25, -0.2) is 22.9 Å². The molecule has 1 aliphatic heterocycles. The van der Waals surface area contributed by atoms with E-state index in [0.717, 1.165) is 16.3 Å². The van der Waals surface area contributed by atoms with Crippen molar-refractivity contribution in [3.05, 3.63) is 77.9 Å². The number of cyclic esters (lactones) is 1. The van der Waals surface area contributed by atoms with Crippen molar-refractivity contribution in [1.82, 2.24) is 4.72 Å². The number of sulfonamides is 1. The van der Waals surface area contributed by atoms with Crippen LogP contribution < -0.4 is 4.72 Å². The molecule has 6 nitrogen and oxygen atoms in total. The Morgan fingerprint density at radius 1 is 0.914 bits per heavy atom. The van der Waals surface area contributed by atoms with E-state index in [9.17, 15) is 13.2 Å². The van der Waals surface area contributed by atoms with E-state index in [1.807, 2.05) is 68.4 Å². The van der Waals surface area contributed by atoms with Gasteiger partial charge < -0.3 is 4.74 Å². The van der Waals surface area contributed by atoms with Crippen LogP contribution in [0.5, 0.6) is 0 Å². The Balaban J connectivity index is 1.68. The van der Waals surface area contributed by atoms with Crippen LogP contribution in [0.2, 0.25) is 0 Å². The van der Waals surface area contributed by atoms with E-state index in [0.29, 0.717) is 17.9 Å². The third-order valence-corrected chi connectivity index (χ3v) is 8.02. The van der Waals surface area contributed by atoms with Gasteiger partial charge in [0.2, 0.25) is 15.9 Å². The monoisotopic (exact) mass is 492 g/mol. The molecule has 0 saturated heterocycles. The Labute approximate surface area is 207 Å². The lowest BCUT2D eigenvalue weighted by molar-refractivity contribution is -0.140. The van der Waals surface area contributed by atoms with Crippen LogP contribution in [0.4, 0.5) is 0 Å². The fraction of sp³-hybridized carbons (Fsp3) is 0.357. The molecule has 1 heterocycles. The number of carbonyl (C=O) groups excluding carboxylic acids is 1. The molecule has 0 aromatic heterocycles. The number of aliphatic imine (C=N–C) groups is 1. The van der Waals surface area contributed by atoms with Crippen LogP contribution in [0.3, 0.4) is 0 Å². The quantitative estimate of drug-likeness (QED) is 0.426. The topological polar surface area (TPSA) is 84.8 Å². The molecule has 3 aromatic carbocycles. The second kappa shape index (κ2) is 9.55. The number of ether oxygens (including phenoxy) is 1. The SMILES string of the molecule is CC(C)C[C@@]1([C@H](C)NS(=O)(=O)c2ccc(C(C)C)cc2)N=C(c2ccc3ccccc3c2)OC1=O. The van der Waals surface area contributed by atoms with Crippen LogP contribution >= 0.6 is 0 Å². The zero-order chi connectivity index (χ0) is 25.4. The average Bonchev–Trinajstić information content (AvgIpc) is 3.15. The molecule has 3 aromatic rings. The molecule has 4 rings (SSSR count). The summed E-state index contributed by atoms with van der Waals surface area (Å²) in [5, 5.41) is 2.07. The standard InChI is InChI=1S/C28H32N2O4S/c1-18(2)17-28(20(5)30-35(32,33)25-14-12-21(13-15-25)19(3)4)27(31)34-26(29-28)24-11-10-22-8-6-7-9-23(22)16-24/h6-16,18-20,30H,17H2,1-5H3/t20-,28-/m0/s1. The molecule has 1 aliphatic rings. The Bertz CT molecular complexity index is 1380. The summed E-state index contributed by atoms with van der Waals surface area (Å²) in [6.07, 6.45) is 0.346. The predicted octanol–water partition coefficient (Wildman–Crippen LogP) is 5.42. The fourth-order valence-electron chi connectivity index (χ4n) is 4.50. The molecular weight excluding hydrogens is 460 g/mol. The Morgan fingerprint density at radius 3 is 2.20 bits per heavy atom. The van der Waals surface area contributed by atoms with Gasteiger partial charge in [-0.05, 0) is 65.8 Å². The van der Waals surface area contributed by atoms with Crippen LogP contribution in [0.15, 0.2) is 76.6 Å². The van der Waals surface area contributed by atoms with Gasteiger partial charge in [0.1, 0.15) is 0 Å². The summed E-state index contributed by atoms with van der Waals surface area (Å²) in [6, 6.07) is 19.7. The number of nitrogens with one attached hydrogen (secondary N) is 1. The zero-order valence-corrected chi connectivity index (χ0v) is 21.6. The van der Waals surface area contributed by atoms with Crippen molar-refractivity contribution in [2.45, 2.75) is 63.4 Å². The first-order chi connectivity index (χ1) is 16.5. The lowest BCUT2D eigenvalue weighted by atomic mass is 9.84. The summed E-state index contributed by atoms with van der Waals surface area (Å²) >= 11 is 0. The van der Waals surface area contributed by atoms with Crippen molar-refractivity contribution < 1.29 is 17.9 Å². The maximum Gasteiger partial charge on any atom is 0.342 e. The number of rotatable bonds is 8. The minimum Gasteiger partial charge on any atom is -0.405 e. The van der Waals surface area contributed by atoms with Crippen molar-refractivity contribution in [2.24, 2.45) is 10.9 Å². The highest BCUT2D eigenvalue weighted by Gasteiger charge is 2.52. The molecule has 0 bridgehead atoms. The number of hydrogen-bond donors (Lipinski definition) is 1. The highest BCUT2D eigenvalue weighted by Crippen LogP contribution is 2.34. The zero-order valence-electron chi connectivity index (χ0n) is 20.8. The van der Waals surface area contributed by atoms with Gasteiger partial charge in [0, 0.05) is 5.56 Å². The fourth-order valence-corrected chi connectivity index (χ4v) is 5.79. The molecule has 1 N–H and O–H groups in total. The number of nitrogens with zero attached hydrogens (tertiary/aromatic N) is 1. The Morgan fingerprint density at radius 2 is 1.57 bits per heavy atom. The third kappa shape index (κ3) is 5.02. The van der Waals surface area contributed by atoms with Crippen LogP contribution in [-0.4, -0.2) is 31.9 Å². The first-order valence-corrected chi connectivity index (χ1v) is 13.4. The molecule has 0 unspecified atom stereocenters. The molecule has 0 fully saturated rings. The lowest BCUT2D eigenvalue weighted by Gasteiger charge is -2.30. The number of benzene rings is 3. The maximum absolute atomic E-state index is 13.3. The highest BCUT2D eigenvalue weighted by atomic mass is 32.2. The van der Waals surface area contributed by atoms with Crippen LogP contribution in [0.1, 0.15) is 58.1 Å². The van der Waals surface area contributed by atoms with E-state index in [1.165, 1.54) is 0 Å². The van der Waals surface area contributed by atoms with E-state index in [2.05, 4.69) is 18.6 Å². The molecule has 35 heavy (non-hydrogen) atoms. The van der Waals surface area contributed by atoms with Gasteiger partial charge in [0.15, 0.2) is 5.54 Å². The van der Waals surface area contributed by atoms with Crippen molar-refractivity contribution >= 4 is 32.7 Å². The first-order valence-electron chi connectivity index (χ1n) is 12.0. The minimum absolute atomic E-state index is 0.0829. The number of carbonyl (C=O) groups is 1. The smallest absolute Gasteiger partial charge is 0.342 e. The van der Waals surface area contributed by atoms with Crippen LogP contribution in [0, 0.1) is 5.92 Å². The second-order valence-corrected chi connectivity index (χ2v) is 11.7. The Hall–Kier alpha value is -3.03. The summed E-state index contributed by atoms with van der Waals surface area (Å²) in [7, 11) is -3.87. The first kappa shape index (κ1) is 25.1. The van der Waals surface area contributed by atoms with Crippen molar-refractivity contribution in [3.63, 3.8) is 0 Å². The molecule has 0 radical (unpaired) electrons. The Kier molecular flexibility index (Phi) is 6.84. The van der Waals surface area contributed by atoms with E-state index in [-0.39, 0.29) is 16.7 Å². The third-order valence-electron chi connectivity index (χ3n) is 6.47. The van der Waals surface area contributed by atoms with Gasteiger partial charge in [-0.2, -0.15) is 0 Å². The van der Waals surface area contributed by atoms with E-state index in [1.54, 1.807) is 19.1 Å². The molecule has 7 heteroatoms. The summed E-state index contributed by atoms with van der Waals surface area (Å²) in [4.78, 5) is 18.2. The normalized spacial score (nSPS) is 19.3. The van der Waals surface area contributed by atoms with Crippen molar-refractivity contribution in [1.29, 1.82) is 0 Å². The van der Waals surface area contributed by atoms with E-state index < -0.39 is 27.6 Å². The largest absolute Gasteiger partial charge is 0.405 e. The minimum atomic E-state index is -3.87. The lowest BCUT2D eigenvalue weighted by Crippen LogP contribution is -2.54. The van der Waals surface area contributed by atoms with Gasteiger partial charge in [-0.15, -0.1) is 0 Å². The number of hydrogen-bond acceptors (Lipinski definition) is 5. The van der Waals surface area contributed by atoms with Gasteiger partial charge in [0.25, 0.3) is 0 Å². The van der Waals surface area contributed by atoms with Gasteiger partial charge in [-0.3, -0.25) is 0 Å². The number of fused-ring (bicyclic) bond motifs is 1. The van der Waals surface area contributed by atoms with Gasteiger partial charge >= 0.3 is 5.97 Å². The van der Waals surface area contributed by atoms with Crippen LogP contribution in [0.25, 0.3) is 10.8 Å². The van der Waals surface area contributed by atoms with Gasteiger partial charge in [-0.1, -0.05) is 70.2 Å². The highest BCUT2D eigenvalue weighted by molar-refractivity contribution is 7.89. The summed E-state index contributed by atoms with van der Waals surface area (Å²) in [5.74, 6) is 0.0528. The number of esters is 1. The van der Waals surface area contributed by atoms with E-state index in [4.69, 9.17) is 9.73 Å². The van der Waals surface area contributed by atoms with Crippen molar-refractivity contribution in [2.75, 3.05) is 0 Å². The molecule has 0 amide bonds. The molecule has 0 saturated carbocycles. The van der Waals surface area contributed by atoms with Crippen molar-refractivity contribution in [3.8, 4) is 0 Å². The molecular formula is C28H32N2O4S. The second-order valence-electron chi connectivity index (χ2n) is 9.96. The summed E-state index contributed by atoms with van der Waals surface area (Å²) in [6.45, 7) is 9.73. The molecule has 2 atom stereocenters.